The van der Waals surface area contributed by atoms with E-state index in [1.165, 1.54) is 23.3 Å². The molecular formula is C27H21ClN2O5S. The fourth-order valence-corrected chi connectivity index (χ4v) is 5.40. The van der Waals surface area contributed by atoms with Gasteiger partial charge in [-0.25, -0.2) is 4.98 Å². The van der Waals surface area contributed by atoms with Crippen molar-refractivity contribution in [3.8, 4) is 11.5 Å². The number of carbonyl (C=O) groups excluding carboxylic acids is 2. The molecule has 0 aliphatic carbocycles. The van der Waals surface area contributed by atoms with Crippen LogP contribution in [0.4, 0.5) is 5.13 Å². The number of thiazole rings is 1. The van der Waals surface area contributed by atoms with E-state index >= 15 is 0 Å². The predicted molar refractivity (Wildman–Crippen MR) is 140 cm³/mol. The van der Waals surface area contributed by atoms with Gasteiger partial charge < -0.3 is 14.6 Å². The molecule has 0 radical (unpaired) electrons. The molecular weight excluding hydrogens is 500 g/mol. The Labute approximate surface area is 216 Å². The summed E-state index contributed by atoms with van der Waals surface area (Å²) in [7, 11) is 1.54. The highest BCUT2D eigenvalue weighted by molar-refractivity contribution is 7.22. The Morgan fingerprint density at radius 3 is 2.53 bits per heavy atom. The van der Waals surface area contributed by atoms with Crippen molar-refractivity contribution in [3.63, 3.8) is 0 Å². The highest BCUT2D eigenvalue weighted by atomic mass is 35.5. The summed E-state index contributed by atoms with van der Waals surface area (Å²) in [6.45, 7) is 2.42. The molecule has 1 amide bonds. The number of halogens is 1. The van der Waals surface area contributed by atoms with Crippen LogP contribution in [-0.4, -0.2) is 35.5 Å². The fraction of sp³-hybridized carbons (Fsp3) is 0.148. The minimum atomic E-state index is -0.919. The Morgan fingerprint density at radius 2 is 1.83 bits per heavy atom. The van der Waals surface area contributed by atoms with Crippen molar-refractivity contribution in [1.29, 1.82) is 0 Å². The van der Waals surface area contributed by atoms with Crippen LogP contribution >= 0.6 is 22.9 Å². The average molecular weight is 521 g/mol. The normalized spacial score (nSPS) is 17.1. The standard InChI is InChI=1S/C27H21ClN2O5S/c1-3-35-19-11-12-20-21(14-19)36-27(29-20)30-23(16-5-4-6-17(28)13-16)22(25(32)26(30)33)24(31)15-7-9-18(34-2)10-8-15/h4-14,23,31H,3H2,1-2H3/b24-22+. The van der Waals surface area contributed by atoms with E-state index in [0.29, 0.717) is 44.9 Å². The summed E-state index contributed by atoms with van der Waals surface area (Å²) in [5.41, 5.74) is 1.58. The van der Waals surface area contributed by atoms with E-state index < -0.39 is 17.7 Å². The highest BCUT2D eigenvalue weighted by Crippen LogP contribution is 2.45. The summed E-state index contributed by atoms with van der Waals surface area (Å²) in [6.07, 6.45) is 0. The van der Waals surface area contributed by atoms with Gasteiger partial charge in [-0.05, 0) is 67.1 Å². The van der Waals surface area contributed by atoms with Crippen molar-refractivity contribution in [3.05, 3.63) is 88.5 Å². The van der Waals surface area contributed by atoms with Crippen molar-refractivity contribution in [2.75, 3.05) is 18.6 Å². The number of carbonyl (C=O) groups is 2. The maximum atomic E-state index is 13.4. The predicted octanol–water partition coefficient (Wildman–Crippen LogP) is 5.98. The second kappa shape index (κ2) is 9.64. The molecule has 1 N–H and O–H groups in total. The number of rotatable bonds is 6. The lowest BCUT2D eigenvalue weighted by molar-refractivity contribution is -0.132. The number of aliphatic hydroxyl groups excluding tert-OH is 1. The summed E-state index contributed by atoms with van der Waals surface area (Å²) < 4.78 is 11.6. The SMILES string of the molecule is CCOc1ccc2nc(N3C(=O)C(=O)/C(=C(/O)c4ccc(OC)cc4)C3c3cccc(Cl)c3)sc2c1. The summed E-state index contributed by atoms with van der Waals surface area (Å²) in [5.74, 6) is -0.586. The second-order valence-corrected chi connectivity index (χ2v) is 9.46. The fourth-order valence-electron chi connectivity index (χ4n) is 4.18. The third kappa shape index (κ3) is 4.19. The molecule has 1 saturated heterocycles. The molecule has 2 heterocycles. The third-order valence-electron chi connectivity index (χ3n) is 5.84. The number of amides is 1. The third-order valence-corrected chi connectivity index (χ3v) is 7.09. The van der Waals surface area contributed by atoms with Crippen molar-refractivity contribution in [2.45, 2.75) is 13.0 Å². The lowest BCUT2D eigenvalue weighted by atomic mass is 9.95. The Kier molecular flexibility index (Phi) is 6.38. The Balaban J connectivity index is 1.68. The van der Waals surface area contributed by atoms with Crippen LogP contribution < -0.4 is 14.4 Å². The maximum Gasteiger partial charge on any atom is 0.301 e. The van der Waals surface area contributed by atoms with Crippen LogP contribution in [-0.2, 0) is 9.59 Å². The minimum absolute atomic E-state index is 0.0401. The van der Waals surface area contributed by atoms with E-state index in [2.05, 4.69) is 4.98 Å². The molecule has 0 saturated carbocycles. The van der Waals surface area contributed by atoms with Crippen LogP contribution in [0.3, 0.4) is 0 Å². The number of methoxy groups -OCH3 is 1. The van der Waals surface area contributed by atoms with Crippen LogP contribution in [0.15, 0.2) is 72.3 Å². The number of anilines is 1. The van der Waals surface area contributed by atoms with Crippen LogP contribution in [0.2, 0.25) is 5.02 Å². The number of ketones is 1. The van der Waals surface area contributed by atoms with Crippen LogP contribution in [0.25, 0.3) is 16.0 Å². The van der Waals surface area contributed by atoms with Gasteiger partial charge in [0.1, 0.15) is 17.3 Å². The Morgan fingerprint density at radius 1 is 1.08 bits per heavy atom. The van der Waals surface area contributed by atoms with Crippen molar-refractivity contribution in [2.24, 2.45) is 0 Å². The Hall–Kier alpha value is -3.88. The number of benzene rings is 3. The van der Waals surface area contributed by atoms with E-state index in [1.807, 2.05) is 25.1 Å². The van der Waals surface area contributed by atoms with Gasteiger partial charge in [0.25, 0.3) is 5.78 Å². The summed E-state index contributed by atoms with van der Waals surface area (Å²) in [6, 6.07) is 18.0. The molecule has 1 fully saturated rings. The zero-order valence-corrected chi connectivity index (χ0v) is 21.0. The molecule has 5 rings (SSSR count). The molecule has 7 nitrogen and oxygen atoms in total. The summed E-state index contributed by atoms with van der Waals surface area (Å²) in [5, 5.41) is 12.0. The van der Waals surface area contributed by atoms with Crippen molar-refractivity contribution in [1.82, 2.24) is 4.98 Å². The van der Waals surface area contributed by atoms with E-state index in [9.17, 15) is 14.7 Å². The first-order chi connectivity index (χ1) is 17.4. The van der Waals surface area contributed by atoms with Gasteiger partial charge in [-0.1, -0.05) is 35.1 Å². The van der Waals surface area contributed by atoms with Gasteiger partial charge in [0.15, 0.2) is 5.13 Å². The minimum Gasteiger partial charge on any atom is -0.507 e. The van der Waals surface area contributed by atoms with Gasteiger partial charge in [-0.3, -0.25) is 14.5 Å². The van der Waals surface area contributed by atoms with E-state index in [1.54, 1.807) is 48.5 Å². The second-order valence-electron chi connectivity index (χ2n) is 8.01. The van der Waals surface area contributed by atoms with Gasteiger partial charge in [0.2, 0.25) is 0 Å². The molecule has 9 heteroatoms. The first kappa shape index (κ1) is 23.8. The molecule has 3 aromatic carbocycles. The summed E-state index contributed by atoms with van der Waals surface area (Å²) in [4.78, 5) is 32.7. The molecule has 1 aliphatic heterocycles. The van der Waals surface area contributed by atoms with Crippen LogP contribution in [0.5, 0.6) is 11.5 Å². The van der Waals surface area contributed by atoms with Gasteiger partial charge in [-0.15, -0.1) is 0 Å². The first-order valence-corrected chi connectivity index (χ1v) is 12.3. The van der Waals surface area contributed by atoms with Crippen molar-refractivity contribution < 1.29 is 24.2 Å². The van der Waals surface area contributed by atoms with Gasteiger partial charge >= 0.3 is 5.91 Å². The molecule has 1 aliphatic rings. The number of aliphatic hydroxyl groups is 1. The van der Waals surface area contributed by atoms with Crippen LogP contribution in [0, 0.1) is 0 Å². The zero-order chi connectivity index (χ0) is 25.4. The topological polar surface area (TPSA) is 89.0 Å². The van der Waals surface area contributed by atoms with E-state index in [4.69, 9.17) is 21.1 Å². The lowest BCUT2D eigenvalue weighted by Gasteiger charge is -2.23. The van der Waals surface area contributed by atoms with Crippen LogP contribution in [0.1, 0.15) is 24.1 Å². The van der Waals surface area contributed by atoms with Gasteiger partial charge in [-0.2, -0.15) is 0 Å². The van der Waals surface area contributed by atoms with E-state index in [0.717, 1.165) is 4.70 Å². The number of nitrogens with zero attached hydrogens (tertiary/aromatic N) is 2. The quantitative estimate of drug-likeness (QED) is 0.191. The molecule has 1 atom stereocenters. The zero-order valence-electron chi connectivity index (χ0n) is 19.4. The number of hydrogen-bond acceptors (Lipinski definition) is 7. The number of hydrogen-bond donors (Lipinski definition) is 1. The van der Waals surface area contributed by atoms with Crippen molar-refractivity contribution >= 4 is 55.7 Å². The Bertz CT molecular complexity index is 1510. The smallest absolute Gasteiger partial charge is 0.301 e. The molecule has 36 heavy (non-hydrogen) atoms. The molecule has 0 spiro atoms. The maximum absolute atomic E-state index is 13.4. The molecule has 1 aromatic heterocycles. The number of Topliss-reactive ketones (excluding diaryl/α,β-unsaturated/α-hetero) is 1. The lowest BCUT2D eigenvalue weighted by Crippen LogP contribution is -2.29. The van der Waals surface area contributed by atoms with Gasteiger partial charge in [0.05, 0.1) is 35.5 Å². The molecule has 0 bridgehead atoms. The molecule has 182 valence electrons. The largest absolute Gasteiger partial charge is 0.507 e. The molecule has 1 unspecified atom stereocenters. The average Bonchev–Trinajstić information content (AvgIpc) is 3.41. The number of ether oxygens (including phenoxy) is 2. The monoisotopic (exact) mass is 520 g/mol. The van der Waals surface area contributed by atoms with Gasteiger partial charge in [0, 0.05) is 10.6 Å². The highest BCUT2D eigenvalue weighted by Gasteiger charge is 2.48. The summed E-state index contributed by atoms with van der Waals surface area (Å²) >= 11 is 7.54. The van der Waals surface area contributed by atoms with E-state index in [-0.39, 0.29) is 11.3 Å². The number of aromatic nitrogens is 1. The molecule has 4 aromatic rings. The number of fused-ring (bicyclic) bond motifs is 1. The first-order valence-electron chi connectivity index (χ1n) is 11.2.